The molecule has 1 aromatic heterocycles. The molecule has 0 aliphatic rings. The number of hydrogen-bond acceptors (Lipinski definition) is 5. The Kier molecular flexibility index (Phi) is 9.51. The zero-order valence-electron chi connectivity index (χ0n) is 22.5. The van der Waals surface area contributed by atoms with Crippen LogP contribution in [0, 0.1) is 17.0 Å². The fourth-order valence-electron chi connectivity index (χ4n) is 4.40. The molecule has 0 bridgehead atoms. The molecule has 0 aliphatic carbocycles. The Morgan fingerprint density at radius 2 is 1.71 bits per heavy atom. The first kappa shape index (κ1) is 29.1. The van der Waals surface area contributed by atoms with Gasteiger partial charge in [-0.15, -0.1) is 0 Å². The average Bonchev–Trinajstić information content (AvgIpc) is 3.27. The van der Waals surface area contributed by atoms with Gasteiger partial charge in [-0.05, 0) is 59.2 Å². The van der Waals surface area contributed by atoms with Crippen LogP contribution in [0.3, 0.4) is 0 Å². The first-order valence-electron chi connectivity index (χ1n) is 12.6. The smallest absolute Gasteiger partial charge is 0.217 e. The number of nitrogens with zero attached hydrogens (tertiary/aromatic N) is 2. The van der Waals surface area contributed by atoms with Gasteiger partial charge in [0.25, 0.3) is 0 Å². The highest BCUT2D eigenvalue weighted by Crippen LogP contribution is 2.24. The lowest BCUT2D eigenvalue weighted by Crippen LogP contribution is -2.48. The topological polar surface area (TPSA) is 96.2 Å². The lowest BCUT2D eigenvalue weighted by Gasteiger charge is -2.25. The Balaban J connectivity index is 1.78. The molecule has 3 aromatic rings. The summed E-state index contributed by atoms with van der Waals surface area (Å²) < 4.78 is 29.0. The Labute approximate surface area is 222 Å². The van der Waals surface area contributed by atoms with Crippen LogP contribution in [0.2, 0.25) is 0 Å². The number of halogens is 2. The van der Waals surface area contributed by atoms with E-state index in [9.17, 15) is 23.5 Å². The molecule has 0 aliphatic heterocycles. The number of benzene rings is 2. The van der Waals surface area contributed by atoms with Crippen molar-refractivity contribution in [2.24, 2.45) is 5.41 Å². The Morgan fingerprint density at radius 1 is 1.03 bits per heavy atom. The lowest BCUT2D eigenvalue weighted by atomic mass is 9.87. The van der Waals surface area contributed by atoms with Crippen molar-refractivity contribution in [2.75, 3.05) is 6.54 Å². The maximum Gasteiger partial charge on any atom is 0.217 e. The molecular formula is C29H36F2N4O3. The van der Waals surface area contributed by atoms with Crippen LogP contribution in [0.4, 0.5) is 8.78 Å². The van der Waals surface area contributed by atoms with E-state index in [0.717, 1.165) is 29.3 Å². The molecule has 2 unspecified atom stereocenters. The molecule has 0 fully saturated rings. The number of hydrogen-bond donors (Lipinski definition) is 3. The van der Waals surface area contributed by atoms with Gasteiger partial charge in [0, 0.05) is 39.2 Å². The van der Waals surface area contributed by atoms with Crippen LogP contribution in [0.15, 0.2) is 48.7 Å². The van der Waals surface area contributed by atoms with Gasteiger partial charge in [0.15, 0.2) is 5.78 Å². The number of aliphatic hydroxyl groups excluding tert-OH is 1. The second-order valence-corrected chi connectivity index (χ2v) is 10.9. The third kappa shape index (κ3) is 8.56. The maximum absolute atomic E-state index is 13.7. The molecular weight excluding hydrogens is 490 g/mol. The van der Waals surface area contributed by atoms with Crippen molar-refractivity contribution >= 4 is 11.7 Å². The van der Waals surface area contributed by atoms with Crippen LogP contribution in [0.1, 0.15) is 61.8 Å². The number of aromatic nitrogens is 2. The summed E-state index contributed by atoms with van der Waals surface area (Å²) in [7, 11) is 0. The highest BCUT2D eigenvalue weighted by molar-refractivity contribution is 5.92. The van der Waals surface area contributed by atoms with Crippen molar-refractivity contribution in [3.05, 3.63) is 82.7 Å². The van der Waals surface area contributed by atoms with Crippen molar-refractivity contribution in [2.45, 2.75) is 66.2 Å². The van der Waals surface area contributed by atoms with Gasteiger partial charge in [-0.25, -0.2) is 13.5 Å². The van der Waals surface area contributed by atoms with Crippen LogP contribution >= 0.6 is 0 Å². The molecule has 0 radical (unpaired) electrons. The van der Waals surface area contributed by atoms with Gasteiger partial charge in [0.05, 0.1) is 17.8 Å². The molecule has 0 saturated heterocycles. The van der Waals surface area contributed by atoms with E-state index in [0.29, 0.717) is 17.8 Å². The van der Waals surface area contributed by atoms with Crippen molar-refractivity contribution in [1.29, 1.82) is 0 Å². The Morgan fingerprint density at radius 3 is 2.29 bits per heavy atom. The number of amides is 1. The number of rotatable bonds is 11. The highest BCUT2D eigenvalue weighted by atomic mass is 19.1. The molecule has 1 amide bonds. The van der Waals surface area contributed by atoms with E-state index in [4.69, 9.17) is 0 Å². The highest BCUT2D eigenvalue weighted by Gasteiger charge is 2.22. The van der Waals surface area contributed by atoms with Gasteiger partial charge in [-0.2, -0.15) is 5.10 Å². The maximum atomic E-state index is 13.7. The molecule has 3 rings (SSSR count). The van der Waals surface area contributed by atoms with E-state index in [-0.39, 0.29) is 30.1 Å². The van der Waals surface area contributed by atoms with E-state index in [1.807, 2.05) is 12.1 Å². The summed E-state index contributed by atoms with van der Waals surface area (Å²) in [6, 6.07) is 10.1. The summed E-state index contributed by atoms with van der Waals surface area (Å²) in [6.45, 7) is 9.76. The number of nitrogens with one attached hydrogen (secondary N) is 2. The SMILES string of the molecule is CC(=O)NC(Cc1cc(F)cc(F)c1)C(O)CNCc1cc(CC(C)(C)C)ccc1-n1ccc(C(C)=O)n1. The monoisotopic (exact) mass is 526 g/mol. The molecule has 1 heterocycles. The van der Waals surface area contributed by atoms with E-state index in [1.54, 1.807) is 16.9 Å². The van der Waals surface area contributed by atoms with Crippen molar-refractivity contribution in [1.82, 2.24) is 20.4 Å². The molecule has 38 heavy (non-hydrogen) atoms. The minimum Gasteiger partial charge on any atom is -0.390 e. The quantitative estimate of drug-likeness (QED) is 0.327. The molecule has 204 valence electrons. The normalized spacial score (nSPS) is 13.3. The number of ketones is 1. The molecule has 9 heteroatoms. The fourth-order valence-corrected chi connectivity index (χ4v) is 4.40. The van der Waals surface area contributed by atoms with Crippen molar-refractivity contribution in [3.8, 4) is 5.69 Å². The Hall–Kier alpha value is -3.43. The second kappa shape index (κ2) is 12.4. The van der Waals surface area contributed by atoms with Gasteiger partial charge in [0.2, 0.25) is 5.91 Å². The van der Waals surface area contributed by atoms with Crippen molar-refractivity contribution < 1.29 is 23.5 Å². The van der Waals surface area contributed by atoms with Gasteiger partial charge in [-0.1, -0.05) is 32.9 Å². The van der Waals surface area contributed by atoms with Gasteiger partial charge >= 0.3 is 0 Å². The van der Waals surface area contributed by atoms with Gasteiger partial charge < -0.3 is 15.7 Å². The number of Topliss-reactive ketones (excluding diaryl/α,β-unsaturated/α-hetero) is 1. The standard InChI is InChI=1S/C29H36F2N4O3/c1-18(36)25-8-9-35(34-25)27-7-6-20(15-29(3,4)5)10-22(27)16-32-17-28(38)26(33-19(2)37)13-21-11-23(30)14-24(31)12-21/h6-12,14,26,28,32,38H,13,15-17H2,1-5H3,(H,33,37). The van der Waals surface area contributed by atoms with E-state index in [2.05, 4.69) is 42.6 Å². The predicted octanol–water partition coefficient (Wildman–Crippen LogP) is 4.14. The van der Waals surface area contributed by atoms with Gasteiger partial charge in [-0.3, -0.25) is 9.59 Å². The molecule has 0 spiro atoms. The summed E-state index contributed by atoms with van der Waals surface area (Å²) in [4.78, 5) is 23.5. The third-order valence-electron chi connectivity index (χ3n) is 5.97. The van der Waals surface area contributed by atoms with Crippen LogP contribution in [0.5, 0.6) is 0 Å². The first-order chi connectivity index (χ1) is 17.8. The summed E-state index contributed by atoms with van der Waals surface area (Å²) in [5.74, 6) is -1.92. The summed E-state index contributed by atoms with van der Waals surface area (Å²) in [5.41, 5.74) is 3.63. The largest absolute Gasteiger partial charge is 0.390 e. The zero-order chi connectivity index (χ0) is 28.0. The lowest BCUT2D eigenvalue weighted by molar-refractivity contribution is -0.120. The summed E-state index contributed by atoms with van der Waals surface area (Å²) >= 11 is 0. The number of carbonyl (C=O) groups is 2. The van der Waals surface area contributed by atoms with Crippen LogP contribution in [0.25, 0.3) is 5.69 Å². The first-order valence-corrected chi connectivity index (χ1v) is 12.6. The van der Waals surface area contributed by atoms with Crippen LogP contribution in [-0.2, 0) is 24.2 Å². The van der Waals surface area contributed by atoms with Crippen molar-refractivity contribution in [3.63, 3.8) is 0 Å². The molecule has 0 saturated carbocycles. The number of aliphatic hydroxyl groups is 1. The second-order valence-electron chi connectivity index (χ2n) is 10.9. The van der Waals surface area contributed by atoms with Gasteiger partial charge in [0.1, 0.15) is 17.3 Å². The molecule has 2 aromatic carbocycles. The summed E-state index contributed by atoms with van der Waals surface area (Å²) in [6.07, 6.45) is 1.62. The van der Waals surface area contributed by atoms with E-state index in [1.165, 1.54) is 26.0 Å². The van der Waals surface area contributed by atoms with E-state index < -0.39 is 23.8 Å². The molecule has 7 nitrogen and oxygen atoms in total. The average molecular weight is 527 g/mol. The minimum atomic E-state index is -1.03. The third-order valence-corrected chi connectivity index (χ3v) is 5.97. The number of carbonyl (C=O) groups excluding carboxylic acids is 2. The molecule has 2 atom stereocenters. The Bertz CT molecular complexity index is 1260. The van der Waals surface area contributed by atoms with Crippen LogP contribution in [-0.4, -0.2) is 45.3 Å². The predicted molar refractivity (Wildman–Crippen MR) is 142 cm³/mol. The minimum absolute atomic E-state index is 0.0601. The summed E-state index contributed by atoms with van der Waals surface area (Å²) in [5, 5.41) is 21.2. The molecule has 3 N–H and O–H groups in total. The fraction of sp³-hybridized carbons (Fsp3) is 0.414. The van der Waals surface area contributed by atoms with E-state index >= 15 is 0 Å². The zero-order valence-corrected chi connectivity index (χ0v) is 22.5. The van der Waals surface area contributed by atoms with Crippen LogP contribution < -0.4 is 10.6 Å².